The van der Waals surface area contributed by atoms with E-state index in [0.717, 1.165) is 25.5 Å². The van der Waals surface area contributed by atoms with Crippen molar-refractivity contribution in [2.45, 2.75) is 69.2 Å². The quantitative estimate of drug-likeness (QED) is 0.398. The molecule has 4 aliphatic rings. The molecule has 12 heteroatoms. The largest absolute Gasteiger partial charge is 0.377 e. The first-order valence-electron chi connectivity index (χ1n) is 14.5. The molecule has 2 atom stereocenters. The summed E-state index contributed by atoms with van der Waals surface area (Å²) in [4.78, 5) is 24.4. The minimum absolute atomic E-state index is 0.0592. The van der Waals surface area contributed by atoms with Crippen LogP contribution < -0.4 is 16.2 Å². The van der Waals surface area contributed by atoms with Crippen LogP contribution in [-0.4, -0.2) is 56.9 Å². The van der Waals surface area contributed by atoms with Crippen LogP contribution in [0.25, 0.3) is 11.0 Å². The van der Waals surface area contributed by atoms with Crippen molar-refractivity contribution < 1.29 is 18.3 Å². The lowest BCUT2D eigenvalue weighted by molar-refractivity contribution is -0.0592. The number of aromatic nitrogens is 3. The first-order valence-corrected chi connectivity index (χ1v) is 14.5. The van der Waals surface area contributed by atoms with Crippen molar-refractivity contribution in [1.29, 1.82) is 5.26 Å². The van der Waals surface area contributed by atoms with Gasteiger partial charge in [-0.3, -0.25) is 14.7 Å². The van der Waals surface area contributed by atoms with Crippen LogP contribution in [0.3, 0.4) is 0 Å². The molecular weight excluding hydrogens is 547 g/mol. The number of nitrogens with one attached hydrogen (secondary N) is 2. The molecule has 1 unspecified atom stereocenters. The van der Waals surface area contributed by atoms with Gasteiger partial charge in [-0.15, -0.1) is 0 Å². The number of fused-ring (bicyclic) bond motifs is 8. The van der Waals surface area contributed by atoms with Crippen LogP contribution in [-0.2, 0) is 17.9 Å². The van der Waals surface area contributed by atoms with E-state index in [1.165, 1.54) is 23.0 Å². The van der Waals surface area contributed by atoms with Crippen LogP contribution >= 0.6 is 0 Å². The molecule has 2 aromatic heterocycles. The monoisotopic (exact) mass is 581 g/mol. The molecule has 42 heavy (non-hydrogen) atoms. The molecule has 0 spiro atoms. The Hall–Kier alpha value is -3.53. The number of nitrogens with zero attached hydrogens (tertiary/aromatic N) is 5. The molecule has 7 rings (SSSR count). The Kier molecular flexibility index (Phi) is 7.45. The molecule has 1 aromatic carbocycles. The van der Waals surface area contributed by atoms with Gasteiger partial charge in [0.25, 0.3) is 11.5 Å². The number of alkyl halides is 2. The minimum atomic E-state index is -3.32. The second kappa shape index (κ2) is 10.9. The van der Waals surface area contributed by atoms with E-state index in [-0.39, 0.29) is 35.1 Å². The zero-order valence-corrected chi connectivity index (χ0v) is 23.4. The van der Waals surface area contributed by atoms with E-state index < -0.39 is 47.0 Å². The van der Waals surface area contributed by atoms with E-state index in [0.29, 0.717) is 37.9 Å². The molecule has 0 radical (unpaired) electrons. The fraction of sp³-hybridized carbons (Fsp3) is 0.533. The fourth-order valence-electron chi connectivity index (χ4n) is 6.25. The molecule has 3 aliphatic heterocycles. The number of aliphatic hydroxyl groups is 1. The van der Waals surface area contributed by atoms with Crippen LogP contribution in [0.2, 0.25) is 0 Å². The topological polar surface area (TPSA) is 119 Å². The maximum Gasteiger partial charge on any atom is 0.276 e. The van der Waals surface area contributed by atoms with E-state index in [2.05, 4.69) is 31.6 Å². The Morgan fingerprint density at radius 3 is 2.67 bits per heavy atom. The van der Waals surface area contributed by atoms with Crippen LogP contribution in [0.1, 0.15) is 61.8 Å². The van der Waals surface area contributed by atoms with Gasteiger partial charge in [-0.2, -0.15) is 5.26 Å². The molecule has 9 nitrogen and oxygen atoms in total. The predicted molar refractivity (Wildman–Crippen MR) is 150 cm³/mol. The minimum Gasteiger partial charge on any atom is -0.377 e. The summed E-state index contributed by atoms with van der Waals surface area (Å²) in [6, 6.07) is 7.14. The predicted octanol–water partition coefficient (Wildman–Crippen LogP) is 3.77. The van der Waals surface area contributed by atoms with E-state index in [1.54, 1.807) is 13.0 Å². The second-order valence-corrected chi connectivity index (χ2v) is 11.9. The number of pyridine rings is 1. The first-order chi connectivity index (χ1) is 20.1. The van der Waals surface area contributed by atoms with Gasteiger partial charge in [0.05, 0.1) is 35.0 Å². The summed E-state index contributed by atoms with van der Waals surface area (Å²) in [6.07, 6.45) is 2.39. The molecule has 5 heterocycles. The highest BCUT2D eigenvalue weighted by Gasteiger charge is 2.47. The molecule has 2 fully saturated rings. The molecular formula is C30H34F3N7O2. The SMILES string of the molecule is C[C@H]1Nc2ncnc3c2cc(C2(C#N)CC2)c(=O)n3CC(O)NCCCCN2CC(C2)CC(F)(F)c2cccc1c2F. The third-order valence-electron chi connectivity index (χ3n) is 8.82. The van der Waals surface area contributed by atoms with Gasteiger partial charge >= 0.3 is 0 Å². The maximum atomic E-state index is 15.7. The van der Waals surface area contributed by atoms with Crippen LogP contribution in [0.4, 0.5) is 19.0 Å². The van der Waals surface area contributed by atoms with E-state index in [1.807, 2.05) is 0 Å². The number of anilines is 1. The lowest BCUT2D eigenvalue weighted by Gasteiger charge is -2.41. The zero-order chi connectivity index (χ0) is 29.6. The zero-order valence-electron chi connectivity index (χ0n) is 23.4. The van der Waals surface area contributed by atoms with Crippen molar-refractivity contribution in [3.05, 3.63) is 63.5 Å². The third-order valence-corrected chi connectivity index (χ3v) is 8.82. The summed E-state index contributed by atoms with van der Waals surface area (Å²) in [6.45, 7) is 3.87. The van der Waals surface area contributed by atoms with Crippen molar-refractivity contribution in [3.8, 4) is 6.07 Å². The number of aliphatic hydroxyl groups excluding tert-OH is 1. The Labute approximate surface area is 241 Å². The Morgan fingerprint density at radius 1 is 1.14 bits per heavy atom. The summed E-state index contributed by atoms with van der Waals surface area (Å²) in [5, 5.41) is 27.3. The summed E-state index contributed by atoms with van der Waals surface area (Å²) in [5.41, 5.74) is -1.38. The summed E-state index contributed by atoms with van der Waals surface area (Å²) in [5.74, 6) is -4.24. The third kappa shape index (κ3) is 5.25. The van der Waals surface area contributed by atoms with Crippen molar-refractivity contribution >= 4 is 16.9 Å². The number of rotatable bonds is 1. The Bertz CT molecular complexity index is 1590. The molecule has 222 valence electrons. The fourth-order valence-corrected chi connectivity index (χ4v) is 6.25. The normalized spacial score (nSPS) is 27.2. The van der Waals surface area contributed by atoms with Crippen LogP contribution in [0.5, 0.6) is 0 Å². The number of hydrogen-bond donors (Lipinski definition) is 3. The molecule has 0 amide bonds. The maximum absolute atomic E-state index is 15.7. The van der Waals surface area contributed by atoms with Gasteiger partial charge in [-0.25, -0.2) is 23.1 Å². The standard InChI is InChI=1S/C30H34F3N7O2/c1-18-20-5-4-6-22(25(20)31)30(32,33)12-19-13-39(14-19)10-3-2-9-35-24(41)15-40-27-21(26(38-18)36-17-37-27)11-23(28(40)42)29(16-34)7-8-29/h4-6,11,17-19,24,35,41H,2-3,7-10,12-15H2,1H3,(H,36,37,38)/t18-,24?/m1/s1. The van der Waals surface area contributed by atoms with Gasteiger partial charge < -0.3 is 15.3 Å². The lowest BCUT2D eigenvalue weighted by Crippen LogP contribution is -2.48. The van der Waals surface area contributed by atoms with Gasteiger partial charge in [0.1, 0.15) is 29.8 Å². The number of halogens is 3. The average Bonchev–Trinajstić information content (AvgIpc) is 3.73. The van der Waals surface area contributed by atoms with E-state index >= 15 is 13.2 Å². The first kappa shape index (κ1) is 28.6. The smallest absolute Gasteiger partial charge is 0.276 e. The van der Waals surface area contributed by atoms with Gasteiger partial charge in [0.15, 0.2) is 0 Å². The van der Waals surface area contributed by atoms with Gasteiger partial charge in [0.2, 0.25) is 0 Å². The summed E-state index contributed by atoms with van der Waals surface area (Å²) in [7, 11) is 0. The molecule has 3 N–H and O–H groups in total. The summed E-state index contributed by atoms with van der Waals surface area (Å²) >= 11 is 0. The highest BCUT2D eigenvalue weighted by Crippen LogP contribution is 2.47. The van der Waals surface area contributed by atoms with Crippen molar-refractivity contribution in [3.63, 3.8) is 0 Å². The van der Waals surface area contributed by atoms with Gasteiger partial charge in [0, 0.05) is 30.6 Å². The Morgan fingerprint density at radius 2 is 1.93 bits per heavy atom. The average molecular weight is 582 g/mol. The molecule has 1 aliphatic carbocycles. The molecule has 8 bridgehead atoms. The van der Waals surface area contributed by atoms with Crippen molar-refractivity contribution in [2.75, 3.05) is 31.5 Å². The molecule has 3 aromatic rings. The Balaban J connectivity index is 1.43. The van der Waals surface area contributed by atoms with E-state index in [9.17, 15) is 15.2 Å². The summed E-state index contributed by atoms with van der Waals surface area (Å²) < 4.78 is 47.8. The van der Waals surface area contributed by atoms with Crippen LogP contribution in [0, 0.1) is 23.1 Å². The number of hydrogen-bond acceptors (Lipinski definition) is 8. The van der Waals surface area contributed by atoms with Gasteiger partial charge in [-0.05, 0) is 57.7 Å². The molecule has 1 saturated carbocycles. The van der Waals surface area contributed by atoms with Crippen molar-refractivity contribution in [1.82, 2.24) is 24.8 Å². The second-order valence-electron chi connectivity index (χ2n) is 11.9. The van der Waals surface area contributed by atoms with Gasteiger partial charge in [-0.1, -0.05) is 18.2 Å². The van der Waals surface area contributed by atoms with E-state index in [4.69, 9.17) is 0 Å². The molecule has 1 saturated heterocycles. The lowest BCUT2D eigenvalue weighted by atomic mass is 9.88. The number of nitriles is 1. The van der Waals surface area contributed by atoms with Crippen molar-refractivity contribution in [2.24, 2.45) is 5.92 Å². The highest BCUT2D eigenvalue weighted by molar-refractivity contribution is 5.87. The highest BCUT2D eigenvalue weighted by atomic mass is 19.3. The number of benzene rings is 1. The van der Waals surface area contributed by atoms with Crippen LogP contribution in [0.15, 0.2) is 35.4 Å².